The molecule has 7 rings (SSSR count). The van der Waals surface area contributed by atoms with Gasteiger partial charge in [-0.05, 0) is 110 Å². The first-order valence-electron chi connectivity index (χ1n) is 27.9. The number of nitrogens with zero attached hydrogens (tertiary/aromatic N) is 4. The number of hydrogen-bond donors (Lipinski definition) is 7. The van der Waals surface area contributed by atoms with Gasteiger partial charge >= 0.3 is 0 Å². The molecule has 1 aliphatic rings. The average Bonchev–Trinajstić information content (AvgIpc) is 4.28. The van der Waals surface area contributed by atoms with Crippen molar-refractivity contribution >= 4 is 86.1 Å². The number of H-pyrrole nitrogens is 1. The van der Waals surface area contributed by atoms with Gasteiger partial charge in [-0.2, -0.15) is 0 Å². The molecule has 1 unspecified atom stereocenters. The molecule has 15 nitrogen and oxygen atoms in total. The molecule has 18 heteroatoms. The van der Waals surface area contributed by atoms with Crippen LogP contribution in [-0.4, -0.2) is 113 Å². The number of thioether (sulfide) groups is 1. The largest absolute Gasteiger partial charge is 0.394 e. The summed E-state index contributed by atoms with van der Waals surface area (Å²) >= 11 is 4.82. The van der Waals surface area contributed by atoms with Crippen molar-refractivity contribution in [2.75, 3.05) is 57.5 Å². The van der Waals surface area contributed by atoms with Crippen molar-refractivity contribution in [1.82, 2.24) is 40.7 Å². The molecule has 0 spiro atoms. The zero-order chi connectivity index (χ0) is 59.9. The van der Waals surface area contributed by atoms with Gasteiger partial charge in [0, 0.05) is 113 Å². The molecule has 3 aromatic carbocycles. The number of amides is 3. The van der Waals surface area contributed by atoms with E-state index in [9.17, 15) is 19.2 Å². The van der Waals surface area contributed by atoms with Crippen LogP contribution < -0.4 is 26.6 Å². The first-order chi connectivity index (χ1) is 38.3. The van der Waals surface area contributed by atoms with Crippen molar-refractivity contribution in [1.29, 1.82) is 0 Å². The SMILES string of the molecule is CC(C)O.CC(NCc1ccc(C=O)cc1)C(C)(C)C.CCC/C=C\C(=C/NC)c1ccc(C(=O)Nc2nc3ccc(CNCC(C)(C)C)cc3[nH]2)s1.CNc1ncc(SCc2cc(C)c(C)c(C(=O)N3CCN(C(C)=O)CC3)c2)s1. The number of allylic oxidation sites excluding steroid dienone is 3. The number of fused-ring (bicyclic) bond motifs is 1. The van der Waals surface area contributed by atoms with Gasteiger partial charge in [-0.25, -0.2) is 9.97 Å². The Kier molecular flexibility index (Phi) is 27.5. The molecule has 3 aromatic heterocycles. The van der Waals surface area contributed by atoms with Gasteiger partial charge in [-0.15, -0.1) is 23.1 Å². The predicted molar refractivity (Wildman–Crippen MR) is 341 cm³/mol. The summed E-state index contributed by atoms with van der Waals surface area (Å²) in [6.45, 7) is 31.7. The molecule has 0 aliphatic carbocycles. The van der Waals surface area contributed by atoms with Gasteiger partial charge in [-0.1, -0.05) is 115 Å². The van der Waals surface area contributed by atoms with Gasteiger partial charge in [0.15, 0.2) is 5.13 Å². The summed E-state index contributed by atoms with van der Waals surface area (Å²) in [5, 5.41) is 25.0. The second-order valence-electron chi connectivity index (χ2n) is 22.6. The lowest BCUT2D eigenvalue weighted by Gasteiger charge is -2.34. The van der Waals surface area contributed by atoms with E-state index >= 15 is 0 Å². The molecule has 81 heavy (non-hydrogen) atoms. The number of nitrogens with one attached hydrogen (secondary N) is 6. The summed E-state index contributed by atoms with van der Waals surface area (Å²) in [5.41, 5.74) is 10.5. The number of imidazole rings is 1. The number of aryl methyl sites for hydroxylation is 1. The van der Waals surface area contributed by atoms with E-state index < -0.39 is 0 Å². The smallest absolute Gasteiger partial charge is 0.268 e. The maximum absolute atomic E-state index is 13.1. The third-order valence-electron chi connectivity index (χ3n) is 13.0. The second kappa shape index (κ2) is 33.1. The molecule has 1 aliphatic heterocycles. The zero-order valence-electron chi connectivity index (χ0n) is 50.6. The molecule has 1 saturated heterocycles. The molecule has 6 aromatic rings. The summed E-state index contributed by atoms with van der Waals surface area (Å²) in [6.07, 6.45) is 10.9. The number of aromatic amines is 1. The third-order valence-corrected chi connectivity index (χ3v) is 16.4. The van der Waals surface area contributed by atoms with E-state index in [-0.39, 0.29) is 34.7 Å². The van der Waals surface area contributed by atoms with E-state index in [0.717, 1.165) is 103 Å². The number of carbonyl (C=O) groups is 4. The summed E-state index contributed by atoms with van der Waals surface area (Å²) in [6, 6.07) is 22.3. The Hall–Kier alpha value is -6.15. The number of hydrogen-bond acceptors (Lipinski definition) is 14. The second-order valence-corrected chi connectivity index (χ2v) is 26.0. The van der Waals surface area contributed by atoms with Crippen LogP contribution >= 0.6 is 34.4 Å². The molecule has 7 N–H and O–H groups in total. The minimum absolute atomic E-state index is 0.0610. The number of benzene rings is 3. The first kappa shape index (κ1) is 67.4. The number of rotatable bonds is 19. The maximum atomic E-state index is 13.1. The van der Waals surface area contributed by atoms with E-state index in [1.807, 2.05) is 86.8 Å². The average molecular weight is 1160 g/mol. The van der Waals surface area contributed by atoms with Crippen molar-refractivity contribution < 1.29 is 24.3 Å². The van der Waals surface area contributed by atoms with Crippen LogP contribution in [0.1, 0.15) is 152 Å². The molecule has 1 atom stereocenters. The van der Waals surface area contributed by atoms with Crippen LogP contribution in [0.15, 0.2) is 95.5 Å². The minimum atomic E-state index is -0.168. The Bertz CT molecular complexity index is 2990. The van der Waals surface area contributed by atoms with Crippen molar-refractivity contribution in [3.63, 3.8) is 0 Å². The van der Waals surface area contributed by atoms with Crippen LogP contribution in [0.25, 0.3) is 16.6 Å². The van der Waals surface area contributed by atoms with E-state index in [4.69, 9.17) is 5.11 Å². The van der Waals surface area contributed by atoms with Crippen molar-refractivity contribution in [3.05, 3.63) is 140 Å². The number of aliphatic hydroxyl groups is 1. The van der Waals surface area contributed by atoms with E-state index in [1.54, 1.807) is 48.8 Å². The highest BCUT2D eigenvalue weighted by molar-refractivity contribution is 8.00. The Labute approximate surface area is 494 Å². The number of thiazole rings is 1. The highest BCUT2D eigenvalue weighted by Gasteiger charge is 2.25. The standard InChI is InChI=1S/C26H35N5OS.C20H26N4O2S2.C14H21NO.C3H8O/c1-6-7-8-9-19(16-27-5)22-12-13-23(33-22)24(32)31-25-29-20-11-10-18(14-21(20)30-25)15-28-17-26(2,3)4;1-13-9-16(12-27-18-11-22-20(21-4)28-18)10-17(14(13)2)19(26)24-7-5-23(6-8-24)15(3)25;1-11(14(2,3)4)15-9-12-5-7-13(10-16)8-6-12;1-3(2)4/h8-14,16,27-28H,6-7,15,17H2,1-5H3,(H2,29,30,31,32);9-11H,5-8,12H2,1-4H3,(H,21,22);5-8,10-11,15H,9H2,1-4H3;3-4H,1-2H3/b9-8-,19-16+;;;. The Morgan fingerprint density at radius 3 is 2.10 bits per heavy atom. The van der Waals surface area contributed by atoms with E-state index in [0.29, 0.717) is 43.0 Å². The molecule has 0 bridgehead atoms. The fourth-order valence-electron chi connectivity index (χ4n) is 7.85. The lowest BCUT2D eigenvalue weighted by molar-refractivity contribution is -0.130. The van der Waals surface area contributed by atoms with Gasteiger partial charge in [0.05, 0.1) is 26.3 Å². The first-order valence-corrected chi connectivity index (χ1v) is 30.5. The maximum Gasteiger partial charge on any atom is 0.268 e. The summed E-state index contributed by atoms with van der Waals surface area (Å²) in [7, 11) is 3.74. The van der Waals surface area contributed by atoms with Crippen LogP contribution in [0.3, 0.4) is 0 Å². The van der Waals surface area contributed by atoms with Crippen molar-refractivity contribution in [3.8, 4) is 0 Å². The highest BCUT2D eigenvalue weighted by atomic mass is 32.2. The minimum Gasteiger partial charge on any atom is -0.394 e. The summed E-state index contributed by atoms with van der Waals surface area (Å²) < 4.78 is 1.15. The monoisotopic (exact) mass is 1160 g/mol. The number of anilines is 2. The molecule has 0 radical (unpaired) electrons. The summed E-state index contributed by atoms with van der Waals surface area (Å²) in [5.74, 6) is 1.22. The fraction of sp³-hybridized carbons (Fsp3) is 0.460. The summed E-state index contributed by atoms with van der Waals surface area (Å²) in [4.78, 5) is 65.3. The van der Waals surface area contributed by atoms with Crippen LogP contribution in [0, 0.1) is 24.7 Å². The Morgan fingerprint density at radius 1 is 0.852 bits per heavy atom. The van der Waals surface area contributed by atoms with Crippen LogP contribution in [0.2, 0.25) is 0 Å². The van der Waals surface area contributed by atoms with Gasteiger partial charge < -0.3 is 41.2 Å². The number of aldehydes is 1. The van der Waals surface area contributed by atoms with Gasteiger partial charge in [0.25, 0.3) is 11.8 Å². The van der Waals surface area contributed by atoms with E-state index in [1.165, 1.54) is 22.5 Å². The van der Waals surface area contributed by atoms with Crippen LogP contribution in [0.4, 0.5) is 11.1 Å². The van der Waals surface area contributed by atoms with Crippen molar-refractivity contribution in [2.24, 2.45) is 10.8 Å². The van der Waals surface area contributed by atoms with Crippen LogP contribution in [-0.2, 0) is 23.6 Å². The number of thiophene rings is 1. The topological polar surface area (TPSA) is 197 Å². The van der Waals surface area contributed by atoms with Gasteiger partial charge in [-0.3, -0.25) is 24.5 Å². The molecule has 4 heterocycles. The predicted octanol–water partition coefficient (Wildman–Crippen LogP) is 12.7. The lowest BCUT2D eigenvalue weighted by Crippen LogP contribution is -2.50. The highest BCUT2D eigenvalue weighted by Crippen LogP contribution is 2.32. The molecule has 440 valence electrons. The fourth-order valence-corrected chi connectivity index (χ4v) is 10.5. The molecular formula is C63H90N10O5S3. The lowest BCUT2D eigenvalue weighted by atomic mass is 9.88. The zero-order valence-corrected chi connectivity index (χ0v) is 53.0. The molecule has 3 amide bonds. The Morgan fingerprint density at radius 2 is 1.51 bits per heavy atom. The number of carbonyl (C=O) groups excluding carboxylic acids is 4. The Balaban J connectivity index is 0.000000265. The van der Waals surface area contributed by atoms with Crippen LogP contribution in [0.5, 0.6) is 0 Å². The molecule has 0 saturated carbocycles. The van der Waals surface area contributed by atoms with Crippen molar-refractivity contribution in [2.45, 2.75) is 138 Å². The number of piperazine rings is 1. The normalized spacial score (nSPS) is 13.2. The molecular weight excluding hydrogens is 1070 g/mol. The third kappa shape index (κ3) is 23.3. The molecule has 1 fully saturated rings. The van der Waals surface area contributed by atoms with Gasteiger partial charge in [0.2, 0.25) is 11.9 Å². The number of unbranched alkanes of at least 4 members (excludes halogenated alkanes) is 1. The van der Waals surface area contributed by atoms with Gasteiger partial charge in [0.1, 0.15) is 6.29 Å². The number of aliphatic hydroxyl groups excluding tert-OH is 1. The number of aromatic nitrogens is 3. The van der Waals surface area contributed by atoms with E-state index in [2.05, 4.69) is 134 Å². The quantitative estimate of drug-likeness (QED) is 0.0231.